The lowest BCUT2D eigenvalue weighted by atomic mass is 9.76. The molecule has 0 aromatic carbocycles. The number of amides is 1. The van der Waals surface area contributed by atoms with Crippen molar-refractivity contribution >= 4 is 5.91 Å². The molecule has 0 radical (unpaired) electrons. The largest absolute Gasteiger partial charge is 0.351 e. The topological polar surface area (TPSA) is 97.7 Å². The van der Waals surface area contributed by atoms with Crippen LogP contribution in [-0.4, -0.2) is 86.7 Å². The summed E-state index contributed by atoms with van der Waals surface area (Å²) in [7, 11) is 1.86. The van der Waals surface area contributed by atoms with Crippen LogP contribution in [0.25, 0.3) is 0 Å². The molecule has 1 amide bonds. The summed E-state index contributed by atoms with van der Waals surface area (Å²) >= 11 is 0. The number of hydrogen-bond acceptors (Lipinski definition) is 7. The molecule has 0 aromatic heterocycles. The molecule has 4 rings (SSSR count). The van der Waals surface area contributed by atoms with Crippen LogP contribution >= 0.6 is 0 Å². The van der Waals surface area contributed by atoms with Crippen LogP contribution < -0.4 is 27.1 Å². The van der Waals surface area contributed by atoms with Crippen molar-refractivity contribution in [3.05, 3.63) is 0 Å². The van der Waals surface area contributed by atoms with Crippen LogP contribution in [-0.2, 0) is 4.79 Å². The number of hydrazine groups is 1. The summed E-state index contributed by atoms with van der Waals surface area (Å²) in [6.07, 6.45) is 1.85. The van der Waals surface area contributed by atoms with Crippen LogP contribution in [0.2, 0.25) is 0 Å². The fourth-order valence-corrected chi connectivity index (χ4v) is 5.54. The number of nitrogens with two attached hydrogens (primary N) is 1. The number of carbonyl (C=O) groups is 1. The third-order valence-electron chi connectivity index (χ3n) is 6.83. The molecular weight excluding hydrogens is 349 g/mol. The van der Waals surface area contributed by atoms with Gasteiger partial charge in [-0.2, -0.15) is 0 Å². The van der Waals surface area contributed by atoms with Gasteiger partial charge in [-0.05, 0) is 57.8 Å². The monoisotopic (exact) mass is 383 g/mol. The Hall–Kier alpha value is -0.840. The van der Waals surface area contributed by atoms with Crippen molar-refractivity contribution in [3.63, 3.8) is 0 Å². The van der Waals surface area contributed by atoms with E-state index < -0.39 is 18.3 Å². The van der Waals surface area contributed by atoms with Crippen molar-refractivity contribution in [2.75, 3.05) is 46.3 Å². The maximum absolute atomic E-state index is 13.9. The molecule has 0 bridgehead atoms. The first kappa shape index (κ1) is 19.5. The Morgan fingerprint density at radius 3 is 2.67 bits per heavy atom. The second-order valence-corrected chi connectivity index (χ2v) is 8.64. The third kappa shape index (κ3) is 3.99. The molecule has 4 aliphatic heterocycles. The molecule has 0 aliphatic carbocycles. The minimum Gasteiger partial charge on any atom is -0.351 e. The number of nitrogens with zero attached hydrogens (tertiary/aromatic N) is 2. The van der Waals surface area contributed by atoms with E-state index in [2.05, 4.69) is 21.4 Å². The van der Waals surface area contributed by atoms with Gasteiger partial charge in [0, 0.05) is 25.7 Å². The summed E-state index contributed by atoms with van der Waals surface area (Å²) in [5, 5.41) is 12.0. The number of nitrogens with one attached hydrogen (secondary N) is 4. The van der Waals surface area contributed by atoms with Crippen molar-refractivity contribution in [2.45, 2.75) is 43.8 Å². The van der Waals surface area contributed by atoms with Gasteiger partial charge in [0.05, 0.1) is 18.2 Å². The number of halogens is 1. The SMILES string of the molecule is CN1CC(F)CN2NC(N)C(C(=O)NC3CNCCC3C3CCNCC3)C12. The Labute approximate surface area is 160 Å². The molecule has 154 valence electrons. The van der Waals surface area contributed by atoms with Crippen molar-refractivity contribution in [1.29, 1.82) is 0 Å². The molecule has 0 spiro atoms. The first-order chi connectivity index (χ1) is 13.0. The molecule has 0 saturated carbocycles. The van der Waals surface area contributed by atoms with Gasteiger partial charge in [-0.3, -0.25) is 9.69 Å². The van der Waals surface area contributed by atoms with Crippen molar-refractivity contribution < 1.29 is 9.18 Å². The highest BCUT2D eigenvalue weighted by molar-refractivity contribution is 5.80. The van der Waals surface area contributed by atoms with Crippen molar-refractivity contribution in [1.82, 2.24) is 31.3 Å². The molecule has 6 atom stereocenters. The average molecular weight is 384 g/mol. The van der Waals surface area contributed by atoms with Crippen molar-refractivity contribution in [3.8, 4) is 0 Å². The highest BCUT2D eigenvalue weighted by atomic mass is 19.1. The van der Waals surface area contributed by atoms with Gasteiger partial charge >= 0.3 is 0 Å². The van der Waals surface area contributed by atoms with Gasteiger partial charge in [-0.15, -0.1) is 0 Å². The minimum absolute atomic E-state index is 0.0145. The third-order valence-corrected chi connectivity index (χ3v) is 6.83. The Balaban J connectivity index is 1.43. The highest BCUT2D eigenvalue weighted by Crippen LogP contribution is 2.31. The summed E-state index contributed by atoms with van der Waals surface area (Å²) in [5.41, 5.74) is 9.35. The zero-order chi connectivity index (χ0) is 19.0. The predicted octanol–water partition coefficient (Wildman–Crippen LogP) is -1.59. The van der Waals surface area contributed by atoms with Gasteiger partial charge in [0.2, 0.25) is 5.91 Å². The Kier molecular flexibility index (Phi) is 5.96. The molecule has 9 heteroatoms. The number of rotatable bonds is 3. The van der Waals surface area contributed by atoms with Crippen LogP contribution in [0.5, 0.6) is 0 Å². The van der Waals surface area contributed by atoms with E-state index in [1.165, 1.54) is 12.8 Å². The maximum atomic E-state index is 13.9. The molecule has 4 fully saturated rings. The zero-order valence-electron chi connectivity index (χ0n) is 16.2. The standard InChI is InChI=1S/C18H34FN7O/c1-25-9-12(19)10-26-18(25)15(16(20)24-26)17(27)23-14-8-22-7-4-13(14)11-2-5-21-6-3-11/h11-16,18,21-22,24H,2-10,20H2,1H3,(H,23,27). The Morgan fingerprint density at radius 2 is 1.89 bits per heavy atom. The van der Waals surface area contributed by atoms with E-state index in [0.29, 0.717) is 18.4 Å². The lowest BCUT2D eigenvalue weighted by Gasteiger charge is -2.42. The normalized spacial score (nSPS) is 42.0. The average Bonchev–Trinajstić information content (AvgIpc) is 2.99. The van der Waals surface area contributed by atoms with E-state index >= 15 is 0 Å². The molecule has 6 unspecified atom stereocenters. The molecular formula is C18H34FN7O. The first-order valence-electron chi connectivity index (χ1n) is 10.4. The zero-order valence-corrected chi connectivity index (χ0v) is 16.2. The van der Waals surface area contributed by atoms with E-state index in [9.17, 15) is 9.18 Å². The van der Waals surface area contributed by atoms with Gasteiger partial charge in [0.1, 0.15) is 6.17 Å². The number of fused-ring (bicyclic) bond motifs is 1. The number of alkyl halides is 1. The molecule has 8 nitrogen and oxygen atoms in total. The van der Waals surface area contributed by atoms with E-state index in [0.717, 1.165) is 32.6 Å². The maximum Gasteiger partial charge on any atom is 0.229 e. The van der Waals surface area contributed by atoms with Crippen LogP contribution in [0.3, 0.4) is 0 Å². The van der Waals surface area contributed by atoms with Crippen LogP contribution in [0.1, 0.15) is 19.3 Å². The molecule has 4 heterocycles. The van der Waals surface area contributed by atoms with Gasteiger partial charge < -0.3 is 21.7 Å². The molecule has 0 aromatic rings. The fraction of sp³-hybridized carbons (Fsp3) is 0.944. The lowest BCUT2D eigenvalue weighted by molar-refractivity contribution is -0.131. The summed E-state index contributed by atoms with van der Waals surface area (Å²) in [5.74, 6) is 0.755. The number of piperidine rings is 2. The molecule has 6 N–H and O–H groups in total. The first-order valence-corrected chi connectivity index (χ1v) is 10.4. The Bertz CT molecular complexity index is 532. The van der Waals surface area contributed by atoms with Gasteiger partial charge in [0.25, 0.3) is 0 Å². The van der Waals surface area contributed by atoms with Crippen LogP contribution in [0.15, 0.2) is 0 Å². The van der Waals surface area contributed by atoms with Crippen LogP contribution in [0, 0.1) is 17.8 Å². The van der Waals surface area contributed by atoms with Crippen LogP contribution in [0.4, 0.5) is 4.39 Å². The van der Waals surface area contributed by atoms with E-state index in [1.807, 2.05) is 11.9 Å². The second kappa shape index (κ2) is 8.26. The second-order valence-electron chi connectivity index (χ2n) is 8.64. The van der Waals surface area contributed by atoms with E-state index in [1.54, 1.807) is 5.01 Å². The fourth-order valence-electron chi connectivity index (χ4n) is 5.54. The quantitative estimate of drug-likeness (QED) is 0.401. The minimum atomic E-state index is -0.931. The molecule has 4 saturated heterocycles. The molecule has 27 heavy (non-hydrogen) atoms. The smallest absolute Gasteiger partial charge is 0.229 e. The van der Waals surface area contributed by atoms with E-state index in [4.69, 9.17) is 5.73 Å². The van der Waals surface area contributed by atoms with Crippen molar-refractivity contribution in [2.24, 2.45) is 23.5 Å². The van der Waals surface area contributed by atoms with Gasteiger partial charge in [-0.1, -0.05) is 0 Å². The lowest BCUT2D eigenvalue weighted by Crippen LogP contribution is -2.61. The predicted molar refractivity (Wildman–Crippen MR) is 101 cm³/mol. The van der Waals surface area contributed by atoms with Gasteiger partial charge in [-0.25, -0.2) is 14.8 Å². The number of carbonyl (C=O) groups excluding carboxylic acids is 1. The summed E-state index contributed by atoms with van der Waals surface area (Å²) < 4.78 is 13.9. The summed E-state index contributed by atoms with van der Waals surface area (Å²) in [6, 6.07) is 0.137. The number of hydrogen-bond donors (Lipinski definition) is 5. The van der Waals surface area contributed by atoms with E-state index in [-0.39, 0.29) is 24.7 Å². The summed E-state index contributed by atoms with van der Waals surface area (Å²) in [4.78, 5) is 15.1. The van der Waals surface area contributed by atoms with Gasteiger partial charge in [0.15, 0.2) is 0 Å². The molecule has 4 aliphatic rings. The Morgan fingerprint density at radius 1 is 1.15 bits per heavy atom. The summed E-state index contributed by atoms with van der Waals surface area (Å²) in [6.45, 7) is 4.57. The highest BCUT2D eigenvalue weighted by Gasteiger charge is 2.50.